The Kier molecular flexibility index (Phi) is 17.7. The van der Waals surface area contributed by atoms with Crippen LogP contribution in [-0.4, -0.2) is 41.6 Å². The second kappa shape index (κ2) is 17.7. The summed E-state index contributed by atoms with van der Waals surface area (Å²) in [6, 6.07) is 10.8. The lowest BCUT2D eigenvalue weighted by Gasteiger charge is -2.17. The summed E-state index contributed by atoms with van der Waals surface area (Å²) in [7, 11) is 3.25. The van der Waals surface area contributed by atoms with Gasteiger partial charge in [0.25, 0.3) is 0 Å². The summed E-state index contributed by atoms with van der Waals surface area (Å²) < 4.78 is 15.6. The van der Waals surface area contributed by atoms with Gasteiger partial charge >= 0.3 is 0 Å². The summed E-state index contributed by atoms with van der Waals surface area (Å²) in [5, 5.41) is 18.8. The first-order chi connectivity index (χ1) is 14.3. The van der Waals surface area contributed by atoms with Crippen LogP contribution in [0.25, 0.3) is 0 Å². The van der Waals surface area contributed by atoms with Gasteiger partial charge in [-0.05, 0) is 44.5 Å². The summed E-state index contributed by atoms with van der Waals surface area (Å²) in [5.74, 6) is 1.79. The van der Waals surface area contributed by atoms with E-state index in [0.29, 0.717) is 36.1 Å². The van der Waals surface area contributed by atoms with Crippen LogP contribution < -0.4 is 9.47 Å². The molecule has 30 heavy (non-hydrogen) atoms. The second-order valence-corrected chi connectivity index (χ2v) is 6.46. The molecule has 0 atom stereocenters. The summed E-state index contributed by atoms with van der Waals surface area (Å²) in [4.78, 5) is 4.35. The average Bonchev–Trinajstić information content (AvgIpc) is 2.73. The van der Waals surface area contributed by atoms with Gasteiger partial charge in [0.05, 0.1) is 24.5 Å². The van der Waals surface area contributed by atoms with Gasteiger partial charge in [-0.1, -0.05) is 39.8 Å². The number of hydrogen-bond acceptors (Lipinski definition) is 6. The van der Waals surface area contributed by atoms with Crippen LogP contribution in [0.1, 0.15) is 59.2 Å². The topological polar surface area (TPSA) is 81.0 Å². The summed E-state index contributed by atoms with van der Waals surface area (Å²) in [6.45, 7) is 13.7. The number of aromatic nitrogens is 1. The van der Waals surface area contributed by atoms with Crippen LogP contribution in [0.4, 0.5) is 0 Å². The monoisotopic (exact) mass is 423 g/mol. The van der Waals surface area contributed by atoms with Crippen molar-refractivity contribution < 1.29 is 24.4 Å². The molecule has 0 saturated heterocycles. The predicted octanol–water partition coefficient (Wildman–Crippen LogP) is 5.53. The third-order valence-electron chi connectivity index (χ3n) is 3.28. The van der Waals surface area contributed by atoms with E-state index in [4.69, 9.17) is 14.6 Å². The molecule has 0 aliphatic carbocycles. The van der Waals surface area contributed by atoms with Crippen LogP contribution >= 0.6 is 0 Å². The number of rotatable bonds is 7. The Bertz CT molecular complexity index is 669. The molecule has 172 valence electrons. The molecule has 0 saturated carbocycles. The quantitative estimate of drug-likeness (QED) is 0.609. The van der Waals surface area contributed by atoms with Gasteiger partial charge in [0.2, 0.25) is 5.88 Å². The molecule has 0 unspecified atom stereocenters. The second-order valence-electron chi connectivity index (χ2n) is 6.46. The molecule has 0 amide bonds. The number of nitrogens with zero attached hydrogens (tertiary/aromatic N) is 1. The van der Waals surface area contributed by atoms with Gasteiger partial charge in [0, 0.05) is 26.7 Å². The molecule has 0 radical (unpaired) electrons. The lowest BCUT2D eigenvalue weighted by Crippen LogP contribution is -2.22. The van der Waals surface area contributed by atoms with E-state index in [1.54, 1.807) is 46.3 Å². The van der Waals surface area contributed by atoms with Gasteiger partial charge in [0.1, 0.15) is 11.5 Å². The molecule has 1 heterocycles. The van der Waals surface area contributed by atoms with Crippen molar-refractivity contribution in [3.8, 4) is 17.4 Å². The first kappa shape index (κ1) is 30.0. The normalized spacial score (nSPS) is 9.70. The van der Waals surface area contributed by atoms with E-state index < -0.39 is 5.60 Å². The Morgan fingerprint density at radius 2 is 1.60 bits per heavy atom. The number of methoxy groups -OCH3 is 1. The third-order valence-corrected chi connectivity index (χ3v) is 3.28. The largest absolute Gasteiger partial charge is 0.478 e. The molecular formula is C24H41NO5. The Labute approximate surface area is 182 Å². The van der Waals surface area contributed by atoms with E-state index in [0.717, 1.165) is 5.56 Å². The Morgan fingerprint density at radius 1 is 1.00 bits per heavy atom. The lowest BCUT2D eigenvalue weighted by atomic mass is 10.1. The first-order valence-electron chi connectivity index (χ1n) is 10.4. The van der Waals surface area contributed by atoms with E-state index in [-0.39, 0.29) is 6.61 Å². The maximum absolute atomic E-state index is 9.66. The van der Waals surface area contributed by atoms with Gasteiger partial charge in [-0.3, -0.25) is 0 Å². The van der Waals surface area contributed by atoms with Gasteiger partial charge < -0.3 is 24.4 Å². The molecule has 2 aromatic rings. The lowest BCUT2D eigenvalue weighted by molar-refractivity contribution is 0.0546. The number of hydrogen-bond donors (Lipinski definition) is 2. The van der Waals surface area contributed by atoms with E-state index in [9.17, 15) is 5.11 Å². The van der Waals surface area contributed by atoms with Crippen LogP contribution in [-0.2, 0) is 11.3 Å². The van der Waals surface area contributed by atoms with Gasteiger partial charge in [-0.25, -0.2) is 4.98 Å². The fourth-order valence-corrected chi connectivity index (χ4v) is 1.95. The van der Waals surface area contributed by atoms with E-state index in [2.05, 4.69) is 9.72 Å². The summed E-state index contributed by atoms with van der Waals surface area (Å²) in [5.41, 5.74) is 0.746. The highest BCUT2D eigenvalue weighted by Crippen LogP contribution is 2.26. The highest BCUT2D eigenvalue weighted by molar-refractivity contribution is 5.37. The smallest absolute Gasteiger partial charge is 0.213 e. The van der Waals surface area contributed by atoms with Crippen molar-refractivity contribution in [3.05, 3.63) is 47.7 Å². The Morgan fingerprint density at radius 3 is 2.10 bits per heavy atom. The van der Waals surface area contributed by atoms with Crippen LogP contribution in [0.15, 0.2) is 36.4 Å². The van der Waals surface area contributed by atoms with Crippen molar-refractivity contribution in [1.29, 1.82) is 0 Å². The van der Waals surface area contributed by atoms with Crippen molar-refractivity contribution in [2.24, 2.45) is 0 Å². The standard InChI is InChI=1S/C18H23NO4.C2H6O.2C2H6/c1-13-16(23-15-6-4-5-14(11-15)12-20)7-8-17(19-13)22-10-9-18(2,3)21;1-3-2;2*1-2/h4-8,11,20-21H,9-10,12H2,1-3H3;1-2H3;2*1-2H3. The fraction of sp³-hybridized carbons (Fsp3) is 0.542. The van der Waals surface area contributed by atoms with Crippen LogP contribution in [0.3, 0.4) is 0 Å². The SMILES string of the molecule is CC.CC.COC.Cc1nc(OCCC(C)(C)O)ccc1Oc1cccc(CO)c1. The number of aliphatic hydroxyl groups excluding tert-OH is 1. The van der Waals surface area contributed by atoms with Crippen LogP contribution in [0, 0.1) is 6.92 Å². The molecule has 1 aromatic carbocycles. The van der Waals surface area contributed by atoms with Gasteiger partial charge in [-0.2, -0.15) is 0 Å². The number of aryl methyl sites for hydroxylation is 1. The molecule has 1 aromatic heterocycles. The Hall–Kier alpha value is -2.15. The number of aliphatic hydroxyl groups is 2. The molecule has 2 N–H and O–H groups in total. The molecular weight excluding hydrogens is 382 g/mol. The molecule has 2 rings (SSSR count). The molecule has 6 heteroatoms. The van der Waals surface area contributed by atoms with Gasteiger partial charge in [0.15, 0.2) is 0 Å². The zero-order valence-electron chi connectivity index (χ0n) is 20.2. The molecule has 0 aliphatic heterocycles. The highest BCUT2D eigenvalue weighted by Gasteiger charge is 2.13. The number of pyridine rings is 1. The molecule has 0 aliphatic rings. The van der Waals surface area contributed by atoms with E-state index in [1.807, 2.05) is 52.8 Å². The van der Waals surface area contributed by atoms with Crippen molar-refractivity contribution in [3.63, 3.8) is 0 Å². The summed E-state index contributed by atoms with van der Waals surface area (Å²) in [6.07, 6.45) is 0.528. The minimum Gasteiger partial charge on any atom is -0.478 e. The van der Waals surface area contributed by atoms with E-state index in [1.165, 1.54) is 0 Å². The van der Waals surface area contributed by atoms with Crippen LogP contribution in [0.5, 0.6) is 17.4 Å². The van der Waals surface area contributed by atoms with Gasteiger partial charge in [-0.15, -0.1) is 0 Å². The molecule has 0 bridgehead atoms. The maximum atomic E-state index is 9.66. The first-order valence-corrected chi connectivity index (χ1v) is 10.4. The van der Waals surface area contributed by atoms with Crippen LogP contribution in [0.2, 0.25) is 0 Å². The zero-order valence-corrected chi connectivity index (χ0v) is 20.2. The molecule has 0 spiro atoms. The number of ether oxygens (including phenoxy) is 3. The van der Waals surface area contributed by atoms with Crippen molar-refractivity contribution >= 4 is 0 Å². The zero-order chi connectivity index (χ0) is 23.6. The third kappa shape index (κ3) is 13.9. The van der Waals surface area contributed by atoms with Crippen molar-refractivity contribution in [2.45, 2.75) is 67.1 Å². The average molecular weight is 424 g/mol. The minimum absolute atomic E-state index is 0.0254. The summed E-state index contributed by atoms with van der Waals surface area (Å²) >= 11 is 0. The fourth-order valence-electron chi connectivity index (χ4n) is 1.95. The predicted molar refractivity (Wildman–Crippen MR) is 123 cm³/mol. The Balaban J connectivity index is 0. The van der Waals surface area contributed by atoms with Crippen molar-refractivity contribution in [2.75, 3.05) is 20.8 Å². The van der Waals surface area contributed by atoms with E-state index >= 15 is 0 Å². The highest BCUT2D eigenvalue weighted by atomic mass is 16.5. The maximum Gasteiger partial charge on any atom is 0.213 e. The molecule has 0 fully saturated rings. The minimum atomic E-state index is -0.754. The van der Waals surface area contributed by atoms with Crippen molar-refractivity contribution in [1.82, 2.24) is 4.98 Å². The molecule has 6 nitrogen and oxygen atoms in total. The number of benzene rings is 1.